The molecule has 0 saturated carbocycles. The van der Waals surface area contributed by atoms with Crippen molar-refractivity contribution < 1.29 is 14.3 Å². The van der Waals surface area contributed by atoms with E-state index in [9.17, 15) is 9.59 Å². The number of benzene rings is 1. The predicted octanol–water partition coefficient (Wildman–Crippen LogP) is 4.25. The maximum Gasteiger partial charge on any atom is 0.242 e. The molecule has 6 heteroatoms. The molecular formula is C23H32N2O3S. The third kappa shape index (κ3) is 7.63. The van der Waals surface area contributed by atoms with E-state index >= 15 is 0 Å². The molecule has 0 aliphatic carbocycles. The molecule has 0 radical (unpaired) electrons. The first-order valence-corrected chi connectivity index (χ1v) is 11.0. The van der Waals surface area contributed by atoms with Crippen LogP contribution in [0, 0.1) is 6.92 Å². The van der Waals surface area contributed by atoms with Gasteiger partial charge in [0.1, 0.15) is 0 Å². The van der Waals surface area contributed by atoms with Crippen LogP contribution in [-0.2, 0) is 27.4 Å². The topological polar surface area (TPSA) is 49.9 Å². The van der Waals surface area contributed by atoms with E-state index in [-0.39, 0.29) is 18.4 Å². The van der Waals surface area contributed by atoms with Gasteiger partial charge in [-0.05, 0) is 35.9 Å². The number of carbonyl (C=O) groups is 2. The lowest BCUT2D eigenvalue weighted by Crippen LogP contribution is -2.43. The van der Waals surface area contributed by atoms with Crippen molar-refractivity contribution >= 4 is 23.2 Å². The van der Waals surface area contributed by atoms with Gasteiger partial charge in [-0.1, -0.05) is 43.7 Å². The van der Waals surface area contributed by atoms with E-state index in [0.717, 1.165) is 18.4 Å². The number of rotatable bonds is 12. The number of hydrogen-bond acceptors (Lipinski definition) is 4. The average Bonchev–Trinajstić information content (AvgIpc) is 3.13. The quantitative estimate of drug-likeness (QED) is 0.520. The summed E-state index contributed by atoms with van der Waals surface area (Å²) in [5.74, 6) is -0.0215. The Morgan fingerprint density at radius 2 is 1.79 bits per heavy atom. The van der Waals surface area contributed by atoms with Gasteiger partial charge in [0.05, 0.1) is 19.7 Å². The van der Waals surface area contributed by atoms with Crippen LogP contribution in [0.5, 0.6) is 0 Å². The highest BCUT2D eigenvalue weighted by molar-refractivity contribution is 7.10. The Hall–Kier alpha value is -2.18. The number of hydrogen-bond donors (Lipinski definition) is 0. The largest absolute Gasteiger partial charge is 0.383 e. The van der Waals surface area contributed by atoms with Crippen LogP contribution in [0.3, 0.4) is 0 Å². The summed E-state index contributed by atoms with van der Waals surface area (Å²) in [5, 5.41) is 2.05. The van der Waals surface area contributed by atoms with Gasteiger partial charge in [0.25, 0.3) is 0 Å². The van der Waals surface area contributed by atoms with E-state index in [1.54, 1.807) is 23.3 Å². The third-order valence-electron chi connectivity index (χ3n) is 4.86. The van der Waals surface area contributed by atoms with E-state index in [4.69, 9.17) is 4.74 Å². The molecule has 0 fully saturated rings. The van der Waals surface area contributed by atoms with Crippen LogP contribution in [0.4, 0.5) is 0 Å². The van der Waals surface area contributed by atoms with Gasteiger partial charge < -0.3 is 14.5 Å². The molecule has 2 aromatic rings. The van der Waals surface area contributed by atoms with Crippen molar-refractivity contribution in [2.24, 2.45) is 0 Å². The van der Waals surface area contributed by atoms with Crippen molar-refractivity contribution in [1.29, 1.82) is 0 Å². The Kier molecular flexibility index (Phi) is 9.88. The van der Waals surface area contributed by atoms with Crippen molar-refractivity contribution in [1.82, 2.24) is 9.80 Å². The Balaban J connectivity index is 2.14. The van der Waals surface area contributed by atoms with Gasteiger partial charge >= 0.3 is 0 Å². The molecule has 1 heterocycles. The molecule has 0 N–H and O–H groups in total. The first-order valence-electron chi connectivity index (χ1n) is 10.2. The molecule has 158 valence electrons. The molecule has 5 nitrogen and oxygen atoms in total. The van der Waals surface area contributed by atoms with Gasteiger partial charge in [0.15, 0.2) is 0 Å². The van der Waals surface area contributed by atoms with E-state index < -0.39 is 0 Å². The number of thiophene rings is 1. The minimum absolute atomic E-state index is 0.0178. The summed E-state index contributed by atoms with van der Waals surface area (Å²) >= 11 is 1.66. The number of carbonyl (C=O) groups excluding carboxylic acids is 2. The molecule has 2 rings (SSSR count). The number of methoxy groups -OCH3 is 1. The minimum Gasteiger partial charge on any atom is -0.383 e. The lowest BCUT2D eigenvalue weighted by atomic mass is 10.2. The van der Waals surface area contributed by atoms with Crippen LogP contribution in [0.1, 0.15) is 42.2 Å². The number of unbranched alkanes of at least 4 members (excludes halogenated alkanes) is 1. The van der Waals surface area contributed by atoms with Crippen molar-refractivity contribution in [3.05, 3.63) is 57.8 Å². The molecule has 0 spiro atoms. The monoisotopic (exact) mass is 416 g/mol. The fourth-order valence-electron chi connectivity index (χ4n) is 3.02. The van der Waals surface area contributed by atoms with Crippen molar-refractivity contribution in [3.63, 3.8) is 0 Å². The van der Waals surface area contributed by atoms with Crippen LogP contribution in [-0.4, -0.2) is 48.4 Å². The maximum atomic E-state index is 13.2. The average molecular weight is 417 g/mol. The number of aryl methyl sites for hydroxylation is 1. The first kappa shape index (κ1) is 23.1. The standard InChI is InChI=1S/C23H32N2O3S/c1-4-5-11-22(26)24(13-14-28-3)18-23(27)25(16-20-9-7-6-8-10-20)17-21-19(2)12-15-29-21/h6-10,12,15H,4-5,11,13-14,16-18H2,1-3H3. The zero-order valence-electron chi connectivity index (χ0n) is 17.7. The normalized spacial score (nSPS) is 10.7. The van der Waals surface area contributed by atoms with Crippen LogP contribution in [0.2, 0.25) is 0 Å². The lowest BCUT2D eigenvalue weighted by molar-refractivity contribution is -0.141. The number of nitrogens with zero attached hydrogens (tertiary/aromatic N) is 2. The summed E-state index contributed by atoms with van der Waals surface area (Å²) < 4.78 is 5.15. The molecule has 1 aromatic heterocycles. The zero-order valence-corrected chi connectivity index (χ0v) is 18.5. The first-order chi connectivity index (χ1) is 14.0. The molecule has 0 aliphatic heterocycles. The highest BCUT2D eigenvalue weighted by Gasteiger charge is 2.22. The molecule has 0 saturated heterocycles. The van der Waals surface area contributed by atoms with Gasteiger partial charge in [-0.25, -0.2) is 0 Å². The van der Waals surface area contributed by atoms with Gasteiger partial charge in [0.2, 0.25) is 11.8 Å². The fourth-order valence-corrected chi connectivity index (χ4v) is 3.94. The van der Waals surface area contributed by atoms with Crippen LogP contribution in [0.25, 0.3) is 0 Å². The third-order valence-corrected chi connectivity index (χ3v) is 5.87. The summed E-state index contributed by atoms with van der Waals surface area (Å²) in [6, 6.07) is 12.1. The fraction of sp³-hybridized carbons (Fsp3) is 0.478. The lowest BCUT2D eigenvalue weighted by Gasteiger charge is -2.28. The van der Waals surface area contributed by atoms with Crippen LogP contribution >= 0.6 is 11.3 Å². The van der Waals surface area contributed by atoms with E-state index in [0.29, 0.717) is 32.7 Å². The molecule has 1 aromatic carbocycles. The molecule has 0 aliphatic rings. The highest BCUT2D eigenvalue weighted by atomic mass is 32.1. The Morgan fingerprint density at radius 3 is 2.41 bits per heavy atom. The van der Waals surface area contributed by atoms with Crippen LogP contribution < -0.4 is 0 Å². The van der Waals surface area contributed by atoms with Crippen molar-refractivity contribution in [3.8, 4) is 0 Å². The molecule has 0 unspecified atom stereocenters. The van der Waals surface area contributed by atoms with E-state index in [2.05, 4.69) is 25.3 Å². The smallest absolute Gasteiger partial charge is 0.242 e. The van der Waals surface area contributed by atoms with Gasteiger partial charge in [0, 0.05) is 31.5 Å². The summed E-state index contributed by atoms with van der Waals surface area (Å²) in [5.41, 5.74) is 2.27. The number of ether oxygens (including phenoxy) is 1. The SMILES string of the molecule is CCCCC(=O)N(CCOC)CC(=O)N(Cc1ccccc1)Cc1sccc1C. The van der Waals surface area contributed by atoms with E-state index in [1.807, 2.05) is 35.2 Å². The summed E-state index contributed by atoms with van der Waals surface area (Å²) in [4.78, 5) is 30.5. The maximum absolute atomic E-state index is 13.2. The van der Waals surface area contributed by atoms with Crippen molar-refractivity contribution in [2.75, 3.05) is 26.8 Å². The highest BCUT2D eigenvalue weighted by Crippen LogP contribution is 2.19. The molecule has 2 amide bonds. The van der Waals surface area contributed by atoms with Crippen LogP contribution in [0.15, 0.2) is 41.8 Å². The van der Waals surface area contributed by atoms with Crippen molar-refractivity contribution in [2.45, 2.75) is 46.2 Å². The number of amides is 2. The second-order valence-corrected chi connectivity index (χ2v) is 8.17. The second kappa shape index (κ2) is 12.4. The molecular weight excluding hydrogens is 384 g/mol. The molecule has 0 atom stereocenters. The van der Waals surface area contributed by atoms with Gasteiger partial charge in [-0.15, -0.1) is 11.3 Å². The molecule has 0 bridgehead atoms. The minimum atomic E-state index is -0.0393. The van der Waals surface area contributed by atoms with E-state index in [1.165, 1.54) is 10.4 Å². The van der Waals surface area contributed by atoms with Gasteiger partial charge in [-0.3, -0.25) is 9.59 Å². The Labute approximate surface area is 178 Å². The predicted molar refractivity (Wildman–Crippen MR) is 118 cm³/mol. The van der Waals surface area contributed by atoms with Gasteiger partial charge in [-0.2, -0.15) is 0 Å². The molecule has 29 heavy (non-hydrogen) atoms. The summed E-state index contributed by atoms with van der Waals surface area (Å²) in [6.45, 7) is 6.15. The Bertz CT molecular complexity index is 760. The Morgan fingerprint density at radius 1 is 1.03 bits per heavy atom. The zero-order chi connectivity index (χ0) is 21.1. The summed E-state index contributed by atoms with van der Waals surface area (Å²) in [7, 11) is 1.61. The summed E-state index contributed by atoms with van der Waals surface area (Å²) in [6.07, 6.45) is 2.25. The second-order valence-electron chi connectivity index (χ2n) is 7.17.